The minimum atomic E-state index is -7.41. The molecule has 1 amide bonds. The van der Waals surface area contributed by atoms with Gasteiger partial charge in [-0.25, -0.2) is 0 Å². The van der Waals surface area contributed by atoms with Gasteiger partial charge >= 0.3 is 30.2 Å². The molecule has 3 N–H and O–H groups in total. The summed E-state index contributed by atoms with van der Waals surface area (Å²) >= 11 is 0. The molecule has 0 aliphatic heterocycles. The van der Waals surface area contributed by atoms with E-state index in [2.05, 4.69) is 0 Å². The largest absolute Gasteiger partial charge is 0.769 e. The third-order valence-corrected chi connectivity index (χ3v) is 3.30. The second kappa shape index (κ2) is 8.35. The highest BCUT2D eigenvalue weighted by atomic mass is 19.4. The molecule has 0 spiro atoms. The van der Waals surface area contributed by atoms with Gasteiger partial charge in [-0.1, -0.05) is 0 Å². The lowest BCUT2D eigenvalue weighted by molar-refractivity contribution is -0.472. The number of ether oxygens (including phenoxy) is 1. The normalized spacial score (nSPS) is 15.2. The summed E-state index contributed by atoms with van der Waals surface area (Å²) in [5.74, 6) is -17.5. The Kier molecular flexibility index (Phi) is 7.14. The Morgan fingerprint density at radius 2 is 1.41 bits per heavy atom. The van der Waals surface area contributed by atoms with E-state index in [4.69, 9.17) is 10.4 Å². The lowest BCUT2D eigenvalue weighted by Crippen LogP contribution is -2.62. The molecule has 0 fully saturated rings. The van der Waals surface area contributed by atoms with E-state index in [0.29, 0.717) is 11.4 Å². The number of hydrogen-bond acceptors (Lipinski definition) is 8. The maximum atomic E-state index is 14.1. The molecule has 0 radical (unpaired) electrons. The maximum absolute atomic E-state index is 14.1. The van der Waals surface area contributed by atoms with Gasteiger partial charge in [0.1, 0.15) is 5.69 Å². The standard InChI is InChI=1S/C12H6F11N3O6/c13-8(10(16,17)18,32-12(22,23)9(14,15)11(19,20)21)7(27)24-5-2-1-4(25(28)29)3-6(5)26(30)31/h1-3,30-31H,(H,24,27)/q-2/t8-/m0/s1. The Balaban J connectivity index is 3.46. The van der Waals surface area contributed by atoms with E-state index < -0.39 is 63.7 Å². The first kappa shape index (κ1) is 27.4. The highest BCUT2D eigenvalue weighted by Crippen LogP contribution is 2.51. The van der Waals surface area contributed by atoms with Crippen molar-refractivity contribution in [2.75, 3.05) is 15.8 Å². The summed E-state index contributed by atoms with van der Waals surface area (Å²) in [6.45, 7) is 0. The number of carbonyl (C=O) groups is 1. The minimum Gasteiger partial charge on any atom is -0.769 e. The molecule has 9 nitrogen and oxygen atoms in total. The van der Waals surface area contributed by atoms with Gasteiger partial charge in [-0.15, -0.1) is 5.23 Å². The van der Waals surface area contributed by atoms with Crippen LogP contribution in [0.4, 0.5) is 65.4 Å². The molecule has 1 atom stereocenters. The van der Waals surface area contributed by atoms with Crippen LogP contribution in [0.1, 0.15) is 0 Å². The van der Waals surface area contributed by atoms with Crippen molar-refractivity contribution in [3.63, 3.8) is 0 Å². The molecule has 0 unspecified atom stereocenters. The molecule has 1 rings (SSSR count). The predicted octanol–water partition coefficient (Wildman–Crippen LogP) is 4.05. The zero-order chi connectivity index (χ0) is 25.5. The Morgan fingerprint density at radius 1 is 0.906 bits per heavy atom. The third kappa shape index (κ3) is 5.03. The number of anilines is 3. The average molecular weight is 497 g/mol. The topological polar surface area (TPSA) is 131 Å². The molecule has 0 aliphatic rings. The Hall–Kier alpha value is -2.68. The summed E-state index contributed by atoms with van der Waals surface area (Å²) in [5.41, 5.74) is -3.79. The van der Waals surface area contributed by atoms with Crippen LogP contribution in [0, 0.1) is 10.4 Å². The van der Waals surface area contributed by atoms with Crippen molar-refractivity contribution in [1.29, 1.82) is 0 Å². The highest BCUT2D eigenvalue weighted by Gasteiger charge is 2.79. The number of halogens is 11. The summed E-state index contributed by atoms with van der Waals surface area (Å²) in [4.78, 5) is 11.6. The van der Waals surface area contributed by atoms with Gasteiger partial charge in [0.2, 0.25) is 0 Å². The molecular weight excluding hydrogens is 491 g/mol. The maximum Gasteiger partial charge on any atom is 0.462 e. The highest BCUT2D eigenvalue weighted by molar-refractivity contribution is 5.99. The first-order valence-electron chi connectivity index (χ1n) is 7.14. The molecule has 32 heavy (non-hydrogen) atoms. The first-order chi connectivity index (χ1) is 14.1. The van der Waals surface area contributed by atoms with Gasteiger partial charge < -0.3 is 21.0 Å². The molecule has 1 aromatic carbocycles. The first-order valence-corrected chi connectivity index (χ1v) is 7.14. The number of benzene rings is 1. The van der Waals surface area contributed by atoms with Crippen molar-refractivity contribution in [3.05, 3.63) is 28.6 Å². The van der Waals surface area contributed by atoms with Crippen LogP contribution >= 0.6 is 0 Å². The second-order valence-corrected chi connectivity index (χ2v) is 5.49. The monoisotopic (exact) mass is 497 g/mol. The summed E-state index contributed by atoms with van der Waals surface area (Å²) < 4.78 is 143. The van der Waals surface area contributed by atoms with Crippen molar-refractivity contribution in [2.24, 2.45) is 0 Å². The number of nitrogens with zero attached hydrogens (tertiary/aromatic N) is 2. The van der Waals surface area contributed by atoms with Crippen molar-refractivity contribution in [2.45, 2.75) is 30.2 Å². The molecule has 0 saturated heterocycles. The van der Waals surface area contributed by atoms with E-state index >= 15 is 0 Å². The molecule has 184 valence electrons. The Bertz CT molecular complexity index is 845. The number of rotatable bonds is 7. The van der Waals surface area contributed by atoms with E-state index in [9.17, 15) is 63.5 Å². The average Bonchev–Trinajstić information content (AvgIpc) is 2.58. The van der Waals surface area contributed by atoms with Crippen LogP contribution < -0.4 is 15.8 Å². The van der Waals surface area contributed by atoms with E-state index in [1.165, 1.54) is 0 Å². The molecule has 0 bridgehead atoms. The fourth-order valence-electron chi connectivity index (χ4n) is 1.75. The van der Waals surface area contributed by atoms with E-state index in [-0.39, 0.29) is 12.1 Å². The van der Waals surface area contributed by atoms with Gasteiger partial charge in [0.25, 0.3) is 5.91 Å². The molecule has 0 aromatic heterocycles. The molecule has 20 heteroatoms. The molecule has 1 aromatic rings. The van der Waals surface area contributed by atoms with Crippen molar-refractivity contribution in [1.82, 2.24) is 0 Å². The SMILES string of the molecule is O=C(Nc1ccc(N([O-])[O-])cc1N(O)O)[C@](F)(OC(F)(F)C(F)(F)C(F)(F)F)C(F)(F)F. The Morgan fingerprint density at radius 3 is 1.78 bits per heavy atom. The summed E-state index contributed by atoms with van der Waals surface area (Å²) in [6.07, 6.45) is -21.5. The van der Waals surface area contributed by atoms with Gasteiger partial charge in [0.05, 0.1) is 5.69 Å². The van der Waals surface area contributed by atoms with Gasteiger partial charge in [-0.2, -0.15) is 48.3 Å². The number of nitrogens with one attached hydrogen (secondary N) is 1. The molecular formula is C12H6F11N3O6-2. The lowest BCUT2D eigenvalue weighted by Gasteiger charge is -2.38. The van der Waals surface area contributed by atoms with Gasteiger partial charge in [-0.3, -0.25) is 19.9 Å². The summed E-state index contributed by atoms with van der Waals surface area (Å²) in [5, 5.41) is 37.4. The number of carbonyl (C=O) groups excluding carboxylic acids is 1. The van der Waals surface area contributed by atoms with Gasteiger partial charge in [0.15, 0.2) is 0 Å². The lowest BCUT2D eigenvalue weighted by atomic mass is 10.2. The van der Waals surface area contributed by atoms with E-state index in [1.807, 2.05) is 4.74 Å². The van der Waals surface area contributed by atoms with Crippen LogP contribution in [0.3, 0.4) is 0 Å². The molecule has 0 saturated carbocycles. The summed E-state index contributed by atoms with van der Waals surface area (Å²) in [6, 6.07) is 0.684. The number of hydrogen-bond donors (Lipinski definition) is 3. The molecule has 0 heterocycles. The van der Waals surface area contributed by atoms with Crippen LogP contribution in [-0.2, 0) is 9.53 Å². The minimum absolute atomic E-state index is 0.135. The van der Waals surface area contributed by atoms with E-state index in [0.717, 1.165) is 0 Å². The van der Waals surface area contributed by atoms with Crippen LogP contribution in [0.25, 0.3) is 0 Å². The second-order valence-electron chi connectivity index (χ2n) is 5.49. The van der Waals surface area contributed by atoms with Crippen molar-refractivity contribution >= 4 is 23.0 Å². The van der Waals surface area contributed by atoms with Crippen molar-refractivity contribution < 1.29 is 68.2 Å². The van der Waals surface area contributed by atoms with Gasteiger partial charge in [-0.05, 0) is 18.2 Å². The van der Waals surface area contributed by atoms with Gasteiger partial charge in [0, 0.05) is 5.69 Å². The van der Waals surface area contributed by atoms with Crippen LogP contribution in [-0.4, -0.2) is 46.6 Å². The van der Waals surface area contributed by atoms with Crippen LogP contribution in [0.15, 0.2) is 18.2 Å². The predicted molar refractivity (Wildman–Crippen MR) is 77.3 cm³/mol. The quantitative estimate of drug-likeness (QED) is 0.380. The zero-order valence-electron chi connectivity index (χ0n) is 14.3. The zero-order valence-corrected chi connectivity index (χ0v) is 14.3. The fourth-order valence-corrected chi connectivity index (χ4v) is 1.75. The van der Waals surface area contributed by atoms with E-state index in [1.54, 1.807) is 0 Å². The Labute approximate surface area is 167 Å². The smallest absolute Gasteiger partial charge is 0.462 e. The van der Waals surface area contributed by atoms with Crippen LogP contribution in [0.5, 0.6) is 0 Å². The third-order valence-electron chi connectivity index (χ3n) is 3.30. The van der Waals surface area contributed by atoms with Crippen LogP contribution in [0.2, 0.25) is 0 Å². The summed E-state index contributed by atoms with van der Waals surface area (Å²) in [7, 11) is 0. The number of amides is 1. The van der Waals surface area contributed by atoms with Crippen molar-refractivity contribution in [3.8, 4) is 0 Å². The fraction of sp³-hybridized carbons (Fsp3) is 0.417. The number of alkyl halides is 11. The molecule has 0 aliphatic carbocycles.